The molecule has 1 aromatic rings. The Morgan fingerprint density at radius 3 is 2.75 bits per heavy atom. The monoisotopic (exact) mass is 224 g/mol. The van der Waals surface area contributed by atoms with Crippen LogP contribution in [0.5, 0.6) is 0 Å². The van der Waals surface area contributed by atoms with Crippen molar-refractivity contribution in [2.24, 2.45) is 5.73 Å². The second-order valence-corrected chi connectivity index (χ2v) is 3.22. The van der Waals surface area contributed by atoms with E-state index in [9.17, 15) is 14.9 Å². The summed E-state index contributed by atoms with van der Waals surface area (Å²) in [6.07, 6.45) is 0.0871. The predicted molar refractivity (Wildman–Crippen MR) is 56.8 cm³/mol. The Morgan fingerprint density at radius 2 is 2.19 bits per heavy atom. The van der Waals surface area contributed by atoms with Gasteiger partial charge in [-0.15, -0.1) is 0 Å². The highest BCUT2D eigenvalue weighted by Gasteiger charge is 2.19. The number of nitrogens with two attached hydrogens (primary N) is 1. The number of rotatable bonds is 4. The van der Waals surface area contributed by atoms with Crippen LogP contribution in [-0.4, -0.2) is 24.0 Å². The van der Waals surface area contributed by atoms with Gasteiger partial charge in [0.2, 0.25) is 0 Å². The van der Waals surface area contributed by atoms with Gasteiger partial charge < -0.3 is 10.5 Å². The van der Waals surface area contributed by atoms with Crippen LogP contribution in [0.25, 0.3) is 0 Å². The molecule has 0 radical (unpaired) electrons. The number of nitrogens with zero attached hydrogens (tertiary/aromatic N) is 1. The smallest absolute Gasteiger partial charge is 0.322 e. The molecule has 0 fully saturated rings. The molecule has 6 nitrogen and oxygen atoms in total. The summed E-state index contributed by atoms with van der Waals surface area (Å²) in [5.41, 5.74) is 5.91. The standard InChI is InChI=1S/C10H12N2O4/c1-16-10(13)8(11)6-7-4-2-3-5-9(7)12(14)15/h2-5,8H,6,11H2,1H3/t8-/m1/s1. The molecule has 0 bridgehead atoms. The molecule has 0 spiro atoms. The van der Waals surface area contributed by atoms with E-state index in [1.807, 2.05) is 0 Å². The normalized spacial score (nSPS) is 11.9. The summed E-state index contributed by atoms with van der Waals surface area (Å²) in [6, 6.07) is 5.28. The molecule has 1 atom stereocenters. The van der Waals surface area contributed by atoms with Gasteiger partial charge in [-0.05, 0) is 0 Å². The van der Waals surface area contributed by atoms with E-state index in [0.29, 0.717) is 5.56 Å². The summed E-state index contributed by atoms with van der Waals surface area (Å²) in [5, 5.41) is 10.7. The summed E-state index contributed by atoms with van der Waals surface area (Å²) in [7, 11) is 1.22. The minimum atomic E-state index is -0.883. The van der Waals surface area contributed by atoms with Crippen LogP contribution in [-0.2, 0) is 16.0 Å². The Kier molecular flexibility index (Phi) is 3.96. The highest BCUT2D eigenvalue weighted by molar-refractivity contribution is 5.76. The van der Waals surface area contributed by atoms with Gasteiger partial charge in [0, 0.05) is 18.1 Å². The molecule has 0 aromatic heterocycles. The lowest BCUT2D eigenvalue weighted by molar-refractivity contribution is -0.385. The first-order chi connectivity index (χ1) is 7.56. The zero-order chi connectivity index (χ0) is 12.1. The molecule has 1 rings (SSSR count). The average molecular weight is 224 g/mol. The Labute approximate surface area is 92.2 Å². The lowest BCUT2D eigenvalue weighted by Crippen LogP contribution is -2.33. The zero-order valence-electron chi connectivity index (χ0n) is 8.75. The minimum absolute atomic E-state index is 0.0400. The number of para-hydroxylation sites is 1. The van der Waals surface area contributed by atoms with Gasteiger partial charge in [0.05, 0.1) is 12.0 Å². The molecule has 0 saturated carbocycles. The van der Waals surface area contributed by atoms with E-state index < -0.39 is 16.9 Å². The summed E-state index contributed by atoms with van der Waals surface area (Å²) in [4.78, 5) is 21.3. The van der Waals surface area contributed by atoms with Crippen LogP contribution in [0.4, 0.5) is 5.69 Å². The molecular formula is C10H12N2O4. The van der Waals surface area contributed by atoms with Crippen molar-refractivity contribution in [1.82, 2.24) is 0 Å². The fraction of sp³-hybridized carbons (Fsp3) is 0.300. The highest BCUT2D eigenvalue weighted by atomic mass is 16.6. The van der Waals surface area contributed by atoms with Crippen LogP contribution in [0, 0.1) is 10.1 Å². The molecule has 2 N–H and O–H groups in total. The van der Waals surface area contributed by atoms with E-state index in [0.717, 1.165) is 0 Å². The summed E-state index contributed by atoms with van der Waals surface area (Å²) in [5.74, 6) is -0.585. The number of carbonyl (C=O) groups excluding carboxylic acids is 1. The minimum Gasteiger partial charge on any atom is -0.468 e. The van der Waals surface area contributed by atoms with Gasteiger partial charge in [-0.3, -0.25) is 14.9 Å². The van der Waals surface area contributed by atoms with Gasteiger partial charge in [0.1, 0.15) is 6.04 Å². The molecule has 6 heteroatoms. The van der Waals surface area contributed by atoms with Gasteiger partial charge in [0.25, 0.3) is 5.69 Å². The number of hydrogen-bond acceptors (Lipinski definition) is 5. The fourth-order valence-corrected chi connectivity index (χ4v) is 1.33. The molecule has 0 aliphatic rings. The Bertz CT molecular complexity index is 406. The van der Waals surface area contributed by atoms with E-state index in [1.54, 1.807) is 18.2 Å². The average Bonchev–Trinajstić information content (AvgIpc) is 2.28. The number of nitro groups is 1. The van der Waals surface area contributed by atoms with Gasteiger partial charge in [-0.1, -0.05) is 18.2 Å². The Balaban J connectivity index is 2.88. The van der Waals surface area contributed by atoms with E-state index in [4.69, 9.17) is 5.73 Å². The van der Waals surface area contributed by atoms with E-state index >= 15 is 0 Å². The third-order valence-electron chi connectivity index (χ3n) is 2.13. The summed E-state index contributed by atoms with van der Waals surface area (Å²) < 4.78 is 4.45. The van der Waals surface area contributed by atoms with Gasteiger partial charge in [-0.25, -0.2) is 0 Å². The van der Waals surface area contributed by atoms with Crippen LogP contribution in [0.2, 0.25) is 0 Å². The van der Waals surface area contributed by atoms with Crippen LogP contribution in [0.1, 0.15) is 5.56 Å². The summed E-state index contributed by atoms with van der Waals surface area (Å²) in [6.45, 7) is 0. The molecule has 0 saturated heterocycles. The molecule has 0 heterocycles. The number of methoxy groups -OCH3 is 1. The number of hydrogen-bond donors (Lipinski definition) is 1. The van der Waals surface area contributed by atoms with E-state index in [2.05, 4.69) is 4.74 Å². The van der Waals surface area contributed by atoms with E-state index in [-0.39, 0.29) is 12.1 Å². The molecule has 0 unspecified atom stereocenters. The maximum absolute atomic E-state index is 11.1. The highest BCUT2D eigenvalue weighted by Crippen LogP contribution is 2.18. The first kappa shape index (κ1) is 12.1. The van der Waals surface area contributed by atoms with Gasteiger partial charge >= 0.3 is 5.97 Å². The predicted octanol–water partition coefficient (Wildman–Crippen LogP) is 0.638. The number of ether oxygens (including phenoxy) is 1. The van der Waals surface area contributed by atoms with Crippen LogP contribution < -0.4 is 5.73 Å². The third kappa shape index (κ3) is 2.77. The van der Waals surface area contributed by atoms with Crippen molar-refractivity contribution < 1.29 is 14.5 Å². The maximum atomic E-state index is 11.1. The molecule has 0 aliphatic carbocycles. The van der Waals surface area contributed by atoms with Crippen LogP contribution in [0.15, 0.2) is 24.3 Å². The number of benzene rings is 1. The molecule has 0 amide bonds. The second-order valence-electron chi connectivity index (χ2n) is 3.22. The van der Waals surface area contributed by atoms with Crippen molar-refractivity contribution in [3.8, 4) is 0 Å². The zero-order valence-corrected chi connectivity index (χ0v) is 8.75. The van der Waals surface area contributed by atoms with Gasteiger partial charge in [0.15, 0.2) is 0 Å². The Hall–Kier alpha value is -1.95. The van der Waals surface area contributed by atoms with Crippen molar-refractivity contribution in [2.45, 2.75) is 12.5 Å². The molecular weight excluding hydrogens is 212 g/mol. The molecule has 1 aromatic carbocycles. The maximum Gasteiger partial charge on any atom is 0.322 e. The number of carbonyl (C=O) groups is 1. The van der Waals surface area contributed by atoms with Crippen molar-refractivity contribution >= 4 is 11.7 Å². The lowest BCUT2D eigenvalue weighted by Gasteiger charge is -2.09. The lowest BCUT2D eigenvalue weighted by atomic mass is 10.0. The fourth-order valence-electron chi connectivity index (χ4n) is 1.33. The second kappa shape index (κ2) is 5.22. The van der Waals surface area contributed by atoms with Crippen molar-refractivity contribution in [3.05, 3.63) is 39.9 Å². The van der Waals surface area contributed by atoms with Crippen molar-refractivity contribution in [1.29, 1.82) is 0 Å². The topological polar surface area (TPSA) is 95.5 Å². The molecule has 86 valence electrons. The first-order valence-corrected chi connectivity index (χ1v) is 4.62. The molecule has 0 aliphatic heterocycles. The third-order valence-corrected chi connectivity index (χ3v) is 2.13. The molecule has 16 heavy (non-hydrogen) atoms. The Morgan fingerprint density at radius 1 is 1.56 bits per heavy atom. The number of esters is 1. The van der Waals surface area contributed by atoms with Crippen LogP contribution >= 0.6 is 0 Å². The van der Waals surface area contributed by atoms with Crippen molar-refractivity contribution in [2.75, 3.05) is 7.11 Å². The largest absolute Gasteiger partial charge is 0.468 e. The first-order valence-electron chi connectivity index (χ1n) is 4.62. The van der Waals surface area contributed by atoms with Crippen LogP contribution in [0.3, 0.4) is 0 Å². The quantitative estimate of drug-likeness (QED) is 0.460. The van der Waals surface area contributed by atoms with Gasteiger partial charge in [-0.2, -0.15) is 0 Å². The SMILES string of the molecule is COC(=O)[C@H](N)Cc1ccccc1[N+](=O)[O-]. The summed E-state index contributed by atoms with van der Waals surface area (Å²) >= 11 is 0. The number of nitro benzene ring substituents is 1. The van der Waals surface area contributed by atoms with Crippen molar-refractivity contribution in [3.63, 3.8) is 0 Å². The van der Waals surface area contributed by atoms with E-state index in [1.165, 1.54) is 13.2 Å².